The zero-order chi connectivity index (χ0) is 25.5. The van der Waals surface area contributed by atoms with Gasteiger partial charge in [-0.2, -0.15) is 5.10 Å². The summed E-state index contributed by atoms with van der Waals surface area (Å²) in [6, 6.07) is 27.4. The van der Waals surface area contributed by atoms with Gasteiger partial charge in [0.25, 0.3) is 11.1 Å². The number of nitrogens with one attached hydrogen (secondary N) is 1. The fourth-order valence-electron chi connectivity index (χ4n) is 3.82. The van der Waals surface area contributed by atoms with Crippen LogP contribution in [0.25, 0.3) is 21.9 Å². The number of fused-ring (bicyclic) bond motifs is 2. The predicted octanol–water partition coefficient (Wildman–Crippen LogP) is 6.20. The fraction of sp³-hybridized carbons (Fsp3) is 0.138. The molecule has 0 bridgehead atoms. The van der Waals surface area contributed by atoms with Crippen molar-refractivity contribution in [2.45, 2.75) is 18.8 Å². The number of nitrogens with zero attached hydrogens (tertiary/aromatic N) is 2. The first-order valence-corrected chi connectivity index (χ1v) is 12.8. The Kier molecular flexibility index (Phi) is 7.66. The van der Waals surface area contributed by atoms with Gasteiger partial charge in [0.1, 0.15) is 12.1 Å². The standard InChI is InChI=1S/C29H25N3O4S/c1-2-34-27-16-20(14-15-26(27)35-18-22-10-7-9-21-8-3-4-11-23(21)22)17-30-32-28(33)19-37-29-31-24-12-5-6-13-25(24)36-29/h3-17H,2,18-19H2,1H3,(H,32,33)/b30-17-. The van der Waals surface area contributed by atoms with Gasteiger partial charge in [-0.05, 0) is 59.2 Å². The summed E-state index contributed by atoms with van der Waals surface area (Å²) in [5, 5.41) is 6.85. The van der Waals surface area contributed by atoms with E-state index in [-0.39, 0.29) is 11.7 Å². The van der Waals surface area contributed by atoms with Crippen molar-refractivity contribution in [1.82, 2.24) is 10.4 Å². The number of rotatable bonds is 10. The average Bonchev–Trinajstić information content (AvgIpc) is 3.35. The second-order valence-corrected chi connectivity index (χ2v) is 9.02. The molecule has 8 heteroatoms. The third-order valence-corrected chi connectivity index (χ3v) is 6.36. The van der Waals surface area contributed by atoms with E-state index in [1.54, 1.807) is 6.21 Å². The molecule has 1 heterocycles. The van der Waals surface area contributed by atoms with E-state index in [0.717, 1.165) is 22.0 Å². The molecular weight excluding hydrogens is 486 g/mol. The summed E-state index contributed by atoms with van der Waals surface area (Å²) in [7, 11) is 0. The van der Waals surface area contributed by atoms with Crippen LogP contribution in [0.15, 0.2) is 99.7 Å². The number of para-hydroxylation sites is 2. The third-order valence-electron chi connectivity index (χ3n) is 5.53. The Balaban J connectivity index is 1.18. The number of carbonyl (C=O) groups is 1. The molecular formula is C29H25N3O4S. The van der Waals surface area contributed by atoms with Crippen LogP contribution < -0.4 is 14.9 Å². The smallest absolute Gasteiger partial charge is 0.257 e. The van der Waals surface area contributed by atoms with Crippen molar-refractivity contribution in [1.29, 1.82) is 0 Å². The van der Waals surface area contributed by atoms with Gasteiger partial charge in [-0.25, -0.2) is 10.4 Å². The summed E-state index contributed by atoms with van der Waals surface area (Å²) >= 11 is 1.22. The molecule has 0 saturated carbocycles. The van der Waals surface area contributed by atoms with E-state index < -0.39 is 0 Å². The molecule has 7 nitrogen and oxygen atoms in total. The molecule has 0 radical (unpaired) electrons. The maximum Gasteiger partial charge on any atom is 0.257 e. The molecule has 5 rings (SSSR count). The third kappa shape index (κ3) is 6.10. The Hall–Kier alpha value is -4.30. The van der Waals surface area contributed by atoms with E-state index in [1.165, 1.54) is 17.1 Å². The van der Waals surface area contributed by atoms with E-state index >= 15 is 0 Å². The first-order valence-electron chi connectivity index (χ1n) is 11.9. The van der Waals surface area contributed by atoms with Crippen LogP contribution in [0, 0.1) is 0 Å². The molecule has 186 valence electrons. The monoisotopic (exact) mass is 511 g/mol. The first kappa shape index (κ1) is 24.4. The van der Waals surface area contributed by atoms with Crippen LogP contribution in [-0.2, 0) is 11.4 Å². The lowest BCUT2D eigenvalue weighted by atomic mass is 10.1. The number of hydrogen-bond acceptors (Lipinski definition) is 7. The zero-order valence-electron chi connectivity index (χ0n) is 20.2. The Labute approximate surface area is 218 Å². The molecule has 0 spiro atoms. The van der Waals surface area contributed by atoms with Crippen molar-refractivity contribution in [2.24, 2.45) is 5.10 Å². The minimum absolute atomic E-state index is 0.134. The van der Waals surface area contributed by atoms with Crippen LogP contribution in [0.2, 0.25) is 0 Å². The van der Waals surface area contributed by atoms with Gasteiger partial charge in [-0.15, -0.1) is 0 Å². The van der Waals surface area contributed by atoms with Crippen molar-refractivity contribution in [2.75, 3.05) is 12.4 Å². The van der Waals surface area contributed by atoms with Crippen LogP contribution in [0.5, 0.6) is 11.5 Å². The Morgan fingerprint density at radius 3 is 2.73 bits per heavy atom. The van der Waals surface area contributed by atoms with Gasteiger partial charge in [0.15, 0.2) is 17.1 Å². The van der Waals surface area contributed by atoms with Crippen LogP contribution in [-0.4, -0.2) is 29.5 Å². The lowest BCUT2D eigenvalue weighted by Gasteiger charge is -2.13. The topological polar surface area (TPSA) is 86.0 Å². The van der Waals surface area contributed by atoms with Gasteiger partial charge in [-0.3, -0.25) is 4.79 Å². The minimum Gasteiger partial charge on any atom is -0.490 e. The van der Waals surface area contributed by atoms with Crippen molar-refractivity contribution >= 4 is 45.8 Å². The number of hydrazone groups is 1. The van der Waals surface area contributed by atoms with Gasteiger partial charge < -0.3 is 13.9 Å². The molecule has 37 heavy (non-hydrogen) atoms. The fourth-order valence-corrected chi connectivity index (χ4v) is 4.45. The quantitative estimate of drug-likeness (QED) is 0.136. The number of benzene rings is 4. The Bertz CT molecular complexity index is 1530. The largest absolute Gasteiger partial charge is 0.490 e. The summed E-state index contributed by atoms with van der Waals surface area (Å²) in [4.78, 5) is 16.5. The molecule has 1 N–H and O–H groups in total. The van der Waals surface area contributed by atoms with Gasteiger partial charge in [0.2, 0.25) is 0 Å². The van der Waals surface area contributed by atoms with Crippen molar-refractivity contribution in [3.63, 3.8) is 0 Å². The van der Waals surface area contributed by atoms with Gasteiger partial charge in [-0.1, -0.05) is 66.4 Å². The molecule has 0 aliphatic carbocycles. The molecule has 0 fully saturated rings. The minimum atomic E-state index is -0.261. The summed E-state index contributed by atoms with van der Waals surface area (Å²) in [5.74, 6) is 1.13. The Morgan fingerprint density at radius 2 is 1.84 bits per heavy atom. The molecule has 1 amide bonds. The average molecular weight is 512 g/mol. The zero-order valence-corrected chi connectivity index (χ0v) is 21.0. The second kappa shape index (κ2) is 11.6. The highest BCUT2D eigenvalue weighted by atomic mass is 32.2. The van der Waals surface area contributed by atoms with Gasteiger partial charge in [0, 0.05) is 0 Å². The highest BCUT2D eigenvalue weighted by Crippen LogP contribution is 2.30. The molecule has 0 aliphatic rings. The van der Waals surface area contributed by atoms with E-state index in [2.05, 4.69) is 39.8 Å². The molecule has 1 aromatic heterocycles. The SMILES string of the molecule is CCOc1cc(/C=N\NC(=O)CSc2nc3ccccc3o2)ccc1OCc1cccc2ccccc12. The van der Waals surface area contributed by atoms with Crippen LogP contribution in [0.1, 0.15) is 18.1 Å². The maximum atomic E-state index is 12.2. The van der Waals surface area contributed by atoms with Crippen LogP contribution in [0.4, 0.5) is 0 Å². The van der Waals surface area contributed by atoms with Gasteiger partial charge in [0.05, 0.1) is 18.6 Å². The molecule has 4 aromatic carbocycles. The van der Waals surface area contributed by atoms with E-state index in [1.807, 2.05) is 67.6 Å². The van der Waals surface area contributed by atoms with Gasteiger partial charge >= 0.3 is 0 Å². The number of oxazole rings is 1. The second-order valence-electron chi connectivity index (χ2n) is 8.10. The number of thioether (sulfide) groups is 1. The summed E-state index contributed by atoms with van der Waals surface area (Å²) in [5.41, 5.74) is 5.86. The molecule has 5 aromatic rings. The van der Waals surface area contributed by atoms with Crippen molar-refractivity contribution < 1.29 is 18.7 Å². The molecule has 0 aliphatic heterocycles. The number of amides is 1. The normalized spacial score (nSPS) is 11.3. The lowest BCUT2D eigenvalue weighted by Crippen LogP contribution is -2.19. The molecule has 0 saturated heterocycles. The lowest BCUT2D eigenvalue weighted by molar-refractivity contribution is -0.118. The molecule has 0 unspecified atom stereocenters. The maximum absolute atomic E-state index is 12.2. The number of carbonyl (C=O) groups excluding carboxylic acids is 1. The predicted molar refractivity (Wildman–Crippen MR) is 146 cm³/mol. The number of hydrogen-bond donors (Lipinski definition) is 1. The summed E-state index contributed by atoms with van der Waals surface area (Å²) in [6.07, 6.45) is 1.57. The van der Waals surface area contributed by atoms with E-state index in [9.17, 15) is 4.79 Å². The first-order chi connectivity index (χ1) is 18.2. The van der Waals surface area contributed by atoms with E-state index in [0.29, 0.717) is 35.5 Å². The van der Waals surface area contributed by atoms with Crippen molar-refractivity contribution in [3.05, 3.63) is 96.1 Å². The highest BCUT2D eigenvalue weighted by molar-refractivity contribution is 7.99. The van der Waals surface area contributed by atoms with Crippen LogP contribution in [0.3, 0.4) is 0 Å². The van der Waals surface area contributed by atoms with Crippen molar-refractivity contribution in [3.8, 4) is 11.5 Å². The Morgan fingerprint density at radius 1 is 1.00 bits per heavy atom. The number of aromatic nitrogens is 1. The van der Waals surface area contributed by atoms with Crippen LogP contribution >= 0.6 is 11.8 Å². The van der Waals surface area contributed by atoms with E-state index in [4.69, 9.17) is 13.9 Å². The summed E-state index contributed by atoms with van der Waals surface area (Å²) in [6.45, 7) is 2.84. The molecule has 0 atom stereocenters. The number of ether oxygens (including phenoxy) is 2. The highest BCUT2D eigenvalue weighted by Gasteiger charge is 2.10. The summed E-state index contributed by atoms with van der Waals surface area (Å²) < 4.78 is 17.5.